The summed E-state index contributed by atoms with van der Waals surface area (Å²) in [6, 6.07) is 0.124. The zero-order chi connectivity index (χ0) is 12.9. The maximum absolute atomic E-state index is 11.4. The molecule has 0 saturated carbocycles. The molecule has 1 N–H and O–H groups in total. The molecule has 1 saturated heterocycles. The molecular weight excluding hydrogens is 222 g/mol. The Morgan fingerprint density at radius 2 is 2.00 bits per heavy atom. The number of carbonyl (C=O) groups excluding carboxylic acids is 2. The normalized spacial score (nSPS) is 20.8. The van der Waals surface area contributed by atoms with Crippen molar-refractivity contribution in [1.82, 2.24) is 5.32 Å². The third-order valence-corrected chi connectivity index (χ3v) is 2.41. The van der Waals surface area contributed by atoms with Gasteiger partial charge in [0, 0.05) is 6.04 Å². The summed E-state index contributed by atoms with van der Waals surface area (Å²) in [5.41, 5.74) is -0.638. The molecule has 5 nitrogen and oxygen atoms in total. The Hall–Kier alpha value is -1.10. The first-order chi connectivity index (χ1) is 7.87. The smallest absolute Gasteiger partial charge is 0.428 e. The molecule has 1 atom stereocenters. The van der Waals surface area contributed by atoms with Gasteiger partial charge in [0.05, 0.1) is 6.42 Å². The lowest BCUT2D eigenvalue weighted by atomic mass is 10.0. The molecule has 1 aliphatic rings. The summed E-state index contributed by atoms with van der Waals surface area (Å²) in [5, 5.41) is 3.22. The number of hydrogen-bond donors (Lipinski definition) is 1. The Morgan fingerprint density at radius 1 is 1.29 bits per heavy atom. The van der Waals surface area contributed by atoms with Gasteiger partial charge >= 0.3 is 12.1 Å². The molecular formula is C12H21NO4. The number of esters is 1. The monoisotopic (exact) mass is 243 g/mol. The quantitative estimate of drug-likeness (QED) is 0.593. The van der Waals surface area contributed by atoms with Gasteiger partial charge in [0.2, 0.25) is 0 Å². The predicted molar refractivity (Wildman–Crippen MR) is 62.6 cm³/mol. The van der Waals surface area contributed by atoms with Crippen LogP contribution in [0.3, 0.4) is 0 Å². The Kier molecular flexibility index (Phi) is 4.93. The fourth-order valence-corrected chi connectivity index (χ4v) is 1.70. The zero-order valence-corrected chi connectivity index (χ0v) is 10.7. The molecule has 0 aromatic rings. The van der Waals surface area contributed by atoms with Gasteiger partial charge in [-0.25, -0.2) is 4.79 Å². The molecule has 0 aromatic heterocycles. The van der Waals surface area contributed by atoms with E-state index in [1.54, 1.807) is 20.8 Å². The Labute approximate surface area is 102 Å². The molecule has 1 rings (SSSR count). The van der Waals surface area contributed by atoms with Crippen LogP contribution in [0.1, 0.15) is 46.5 Å². The number of carbonyl (C=O) groups is 2. The maximum atomic E-state index is 11.4. The van der Waals surface area contributed by atoms with Crippen molar-refractivity contribution in [1.29, 1.82) is 0 Å². The Balaban J connectivity index is 2.26. The summed E-state index contributed by atoms with van der Waals surface area (Å²) in [4.78, 5) is 22.7. The highest BCUT2D eigenvalue weighted by molar-refractivity contribution is 5.82. The molecule has 0 spiro atoms. The first-order valence-electron chi connectivity index (χ1n) is 6.04. The first kappa shape index (κ1) is 14.0. The van der Waals surface area contributed by atoms with Gasteiger partial charge < -0.3 is 14.8 Å². The summed E-state index contributed by atoms with van der Waals surface area (Å²) in [7, 11) is 0. The second kappa shape index (κ2) is 6.00. The van der Waals surface area contributed by atoms with Gasteiger partial charge in [-0.3, -0.25) is 4.79 Å². The molecule has 1 unspecified atom stereocenters. The minimum absolute atomic E-state index is 0.124. The van der Waals surface area contributed by atoms with Gasteiger partial charge in [-0.05, 0) is 40.2 Å². The molecule has 0 radical (unpaired) electrons. The summed E-state index contributed by atoms with van der Waals surface area (Å²) in [6.07, 6.45) is 2.50. The predicted octanol–water partition coefficient (Wildman–Crippen LogP) is 2.00. The largest absolute Gasteiger partial charge is 0.516 e. The van der Waals surface area contributed by atoms with E-state index in [0.717, 1.165) is 25.8 Å². The lowest BCUT2D eigenvalue weighted by Crippen LogP contribution is -2.36. The van der Waals surface area contributed by atoms with E-state index < -0.39 is 17.7 Å². The molecule has 1 aliphatic heterocycles. The van der Waals surface area contributed by atoms with Crippen molar-refractivity contribution in [2.24, 2.45) is 0 Å². The summed E-state index contributed by atoms with van der Waals surface area (Å²) in [5.74, 6) is -0.529. The topological polar surface area (TPSA) is 64.6 Å². The van der Waals surface area contributed by atoms with Crippen LogP contribution in [0, 0.1) is 0 Å². The molecule has 0 aliphatic carbocycles. The molecule has 17 heavy (non-hydrogen) atoms. The standard InChI is InChI=1S/C12H21NO4/c1-12(2,3)17-11(15)16-10(14)8-9-6-4-5-7-13-9/h9,13H,4-8H2,1-3H3. The number of piperidine rings is 1. The van der Waals surface area contributed by atoms with Gasteiger partial charge in [-0.15, -0.1) is 0 Å². The molecule has 5 heteroatoms. The van der Waals surface area contributed by atoms with E-state index in [4.69, 9.17) is 4.74 Å². The summed E-state index contributed by atoms with van der Waals surface area (Å²) < 4.78 is 9.48. The lowest BCUT2D eigenvalue weighted by Gasteiger charge is -2.22. The van der Waals surface area contributed by atoms with Crippen molar-refractivity contribution in [2.75, 3.05) is 6.54 Å². The van der Waals surface area contributed by atoms with Crippen LogP contribution in [0.5, 0.6) is 0 Å². The SMILES string of the molecule is CC(C)(C)OC(=O)OC(=O)CC1CCCCN1. The van der Waals surface area contributed by atoms with E-state index in [1.165, 1.54) is 0 Å². The van der Waals surface area contributed by atoms with E-state index in [-0.39, 0.29) is 12.5 Å². The highest BCUT2D eigenvalue weighted by Gasteiger charge is 2.23. The third kappa shape index (κ3) is 6.26. The van der Waals surface area contributed by atoms with Crippen LogP contribution in [0.2, 0.25) is 0 Å². The number of nitrogens with one attached hydrogen (secondary N) is 1. The van der Waals surface area contributed by atoms with Gasteiger partial charge in [0.15, 0.2) is 0 Å². The van der Waals surface area contributed by atoms with Crippen LogP contribution in [0.15, 0.2) is 0 Å². The van der Waals surface area contributed by atoms with Crippen molar-refractivity contribution in [3.05, 3.63) is 0 Å². The van der Waals surface area contributed by atoms with Crippen LogP contribution in [-0.2, 0) is 14.3 Å². The second-order valence-corrected chi connectivity index (χ2v) is 5.29. The van der Waals surface area contributed by atoms with Gasteiger partial charge in [-0.2, -0.15) is 0 Å². The first-order valence-corrected chi connectivity index (χ1v) is 6.04. The Bertz CT molecular complexity index is 277. The van der Waals surface area contributed by atoms with Crippen LogP contribution in [0.25, 0.3) is 0 Å². The fraction of sp³-hybridized carbons (Fsp3) is 0.833. The molecule has 1 heterocycles. The van der Waals surface area contributed by atoms with Crippen LogP contribution in [-0.4, -0.2) is 30.3 Å². The van der Waals surface area contributed by atoms with Crippen molar-refractivity contribution < 1.29 is 19.1 Å². The molecule has 0 bridgehead atoms. The maximum Gasteiger partial charge on any atom is 0.516 e. The average molecular weight is 243 g/mol. The van der Waals surface area contributed by atoms with E-state index in [0.29, 0.717) is 0 Å². The van der Waals surface area contributed by atoms with E-state index >= 15 is 0 Å². The average Bonchev–Trinajstić information content (AvgIpc) is 2.15. The molecule has 1 fully saturated rings. The highest BCUT2D eigenvalue weighted by atomic mass is 16.7. The molecule has 0 aromatic carbocycles. The molecule has 98 valence electrons. The van der Waals surface area contributed by atoms with Crippen molar-refractivity contribution in [3.63, 3.8) is 0 Å². The summed E-state index contributed by atoms with van der Waals surface area (Å²) >= 11 is 0. The van der Waals surface area contributed by atoms with Gasteiger partial charge in [0.1, 0.15) is 5.60 Å². The van der Waals surface area contributed by atoms with E-state index in [9.17, 15) is 9.59 Å². The van der Waals surface area contributed by atoms with Crippen molar-refractivity contribution in [3.8, 4) is 0 Å². The number of ether oxygens (including phenoxy) is 2. The number of rotatable bonds is 2. The summed E-state index contributed by atoms with van der Waals surface area (Å²) in [6.45, 7) is 6.09. The fourth-order valence-electron chi connectivity index (χ4n) is 1.70. The van der Waals surface area contributed by atoms with Crippen LogP contribution >= 0.6 is 0 Å². The van der Waals surface area contributed by atoms with Crippen molar-refractivity contribution >= 4 is 12.1 Å². The Morgan fingerprint density at radius 3 is 2.53 bits per heavy atom. The second-order valence-electron chi connectivity index (χ2n) is 5.29. The minimum atomic E-state index is -0.918. The van der Waals surface area contributed by atoms with Crippen molar-refractivity contribution in [2.45, 2.75) is 58.1 Å². The lowest BCUT2D eigenvalue weighted by molar-refractivity contribution is -0.142. The van der Waals surface area contributed by atoms with E-state index in [2.05, 4.69) is 10.1 Å². The highest BCUT2D eigenvalue weighted by Crippen LogP contribution is 2.12. The van der Waals surface area contributed by atoms with Crippen LogP contribution in [0.4, 0.5) is 4.79 Å². The van der Waals surface area contributed by atoms with E-state index in [1.807, 2.05) is 0 Å². The third-order valence-electron chi connectivity index (χ3n) is 2.41. The van der Waals surface area contributed by atoms with Gasteiger partial charge in [0.25, 0.3) is 0 Å². The minimum Gasteiger partial charge on any atom is -0.428 e. The number of hydrogen-bond acceptors (Lipinski definition) is 5. The molecule has 0 amide bonds. The van der Waals surface area contributed by atoms with Gasteiger partial charge in [-0.1, -0.05) is 6.42 Å². The zero-order valence-electron chi connectivity index (χ0n) is 10.7. The van der Waals surface area contributed by atoms with Crippen LogP contribution < -0.4 is 5.32 Å².